The van der Waals surface area contributed by atoms with Crippen LogP contribution in [0.1, 0.15) is 13.3 Å². The van der Waals surface area contributed by atoms with Gasteiger partial charge in [0.2, 0.25) is 5.78 Å². The van der Waals surface area contributed by atoms with Gasteiger partial charge in [-0.05, 0) is 0 Å². The standard InChI is InChI=1S/C8H14O6/c1-4(10)8(14)6(12)2-5(11)7(13)3-9/h5-7,9,11-13H,2-3H2,1H3. The molecule has 3 unspecified atom stereocenters. The summed E-state index contributed by atoms with van der Waals surface area (Å²) in [7, 11) is 0. The summed E-state index contributed by atoms with van der Waals surface area (Å²) >= 11 is 0. The molecule has 0 rings (SSSR count). The van der Waals surface area contributed by atoms with Gasteiger partial charge in [0, 0.05) is 13.3 Å². The summed E-state index contributed by atoms with van der Waals surface area (Å²) in [4.78, 5) is 21.3. The number of ketones is 2. The monoisotopic (exact) mass is 206 g/mol. The Bertz CT molecular complexity index is 214. The van der Waals surface area contributed by atoms with Gasteiger partial charge in [-0.15, -0.1) is 0 Å². The van der Waals surface area contributed by atoms with E-state index in [1.165, 1.54) is 0 Å². The summed E-state index contributed by atoms with van der Waals surface area (Å²) in [5, 5.41) is 35.5. The van der Waals surface area contributed by atoms with E-state index in [2.05, 4.69) is 0 Å². The first-order valence-electron chi connectivity index (χ1n) is 4.10. The van der Waals surface area contributed by atoms with E-state index < -0.39 is 42.9 Å². The third-order valence-corrected chi connectivity index (χ3v) is 1.75. The normalized spacial score (nSPS) is 17.2. The predicted octanol–water partition coefficient (Wildman–Crippen LogP) is -2.39. The highest BCUT2D eigenvalue weighted by Crippen LogP contribution is 2.04. The van der Waals surface area contributed by atoms with E-state index in [1.54, 1.807) is 0 Å². The number of carbonyl (C=O) groups excluding carboxylic acids is 2. The van der Waals surface area contributed by atoms with Crippen molar-refractivity contribution in [3.63, 3.8) is 0 Å². The Morgan fingerprint density at radius 2 is 1.64 bits per heavy atom. The maximum absolute atomic E-state index is 10.8. The smallest absolute Gasteiger partial charge is 0.226 e. The van der Waals surface area contributed by atoms with Gasteiger partial charge in [0.15, 0.2) is 5.78 Å². The molecule has 6 heteroatoms. The Kier molecular flexibility index (Phi) is 5.47. The van der Waals surface area contributed by atoms with Crippen molar-refractivity contribution in [1.82, 2.24) is 0 Å². The Labute approximate surface area is 80.8 Å². The van der Waals surface area contributed by atoms with E-state index in [0.717, 1.165) is 6.92 Å². The summed E-state index contributed by atoms with van der Waals surface area (Å²) in [6.07, 6.45) is -4.97. The first-order valence-corrected chi connectivity index (χ1v) is 4.10. The van der Waals surface area contributed by atoms with Gasteiger partial charge in [-0.3, -0.25) is 9.59 Å². The first kappa shape index (κ1) is 13.2. The highest BCUT2D eigenvalue weighted by Gasteiger charge is 2.25. The molecule has 14 heavy (non-hydrogen) atoms. The number of hydrogen-bond acceptors (Lipinski definition) is 6. The third kappa shape index (κ3) is 3.93. The van der Waals surface area contributed by atoms with Gasteiger partial charge in [-0.2, -0.15) is 0 Å². The molecule has 0 saturated heterocycles. The maximum Gasteiger partial charge on any atom is 0.226 e. The molecular weight excluding hydrogens is 192 g/mol. The minimum atomic E-state index is -1.64. The van der Waals surface area contributed by atoms with Crippen molar-refractivity contribution in [2.45, 2.75) is 31.7 Å². The fourth-order valence-corrected chi connectivity index (χ4v) is 0.849. The van der Waals surface area contributed by atoms with Crippen LogP contribution < -0.4 is 0 Å². The van der Waals surface area contributed by atoms with E-state index in [-0.39, 0.29) is 0 Å². The van der Waals surface area contributed by atoms with Gasteiger partial charge in [0.05, 0.1) is 12.7 Å². The molecule has 0 aromatic carbocycles. The van der Waals surface area contributed by atoms with Crippen molar-refractivity contribution < 1.29 is 30.0 Å². The zero-order valence-corrected chi connectivity index (χ0v) is 7.75. The second-order valence-corrected chi connectivity index (χ2v) is 2.99. The molecule has 0 fully saturated rings. The molecule has 0 amide bonds. The molecule has 0 aliphatic carbocycles. The van der Waals surface area contributed by atoms with Crippen molar-refractivity contribution in [2.24, 2.45) is 0 Å². The second kappa shape index (κ2) is 5.82. The van der Waals surface area contributed by atoms with Crippen LogP contribution in [0.3, 0.4) is 0 Å². The quantitative estimate of drug-likeness (QED) is 0.360. The lowest BCUT2D eigenvalue weighted by Gasteiger charge is -2.17. The Morgan fingerprint density at radius 3 is 2.00 bits per heavy atom. The van der Waals surface area contributed by atoms with Gasteiger partial charge in [0.25, 0.3) is 0 Å². The van der Waals surface area contributed by atoms with Crippen molar-refractivity contribution in [2.75, 3.05) is 6.61 Å². The first-order chi connectivity index (χ1) is 6.40. The van der Waals surface area contributed by atoms with Crippen LogP contribution in [-0.2, 0) is 9.59 Å². The van der Waals surface area contributed by atoms with Crippen LogP contribution in [0.5, 0.6) is 0 Å². The van der Waals surface area contributed by atoms with Crippen LogP contribution in [0.15, 0.2) is 0 Å². The number of aliphatic hydroxyl groups excluding tert-OH is 4. The lowest BCUT2D eigenvalue weighted by molar-refractivity contribution is -0.142. The Balaban J connectivity index is 4.11. The van der Waals surface area contributed by atoms with E-state index in [4.69, 9.17) is 20.4 Å². The van der Waals surface area contributed by atoms with Gasteiger partial charge in [0.1, 0.15) is 12.2 Å². The van der Waals surface area contributed by atoms with Crippen LogP contribution in [0.2, 0.25) is 0 Å². The third-order valence-electron chi connectivity index (χ3n) is 1.75. The molecule has 82 valence electrons. The van der Waals surface area contributed by atoms with E-state index in [9.17, 15) is 9.59 Å². The number of hydrogen-bond donors (Lipinski definition) is 4. The minimum Gasteiger partial charge on any atom is -0.394 e. The fraction of sp³-hybridized carbons (Fsp3) is 0.750. The molecule has 0 aromatic heterocycles. The van der Waals surface area contributed by atoms with Gasteiger partial charge in [-0.1, -0.05) is 0 Å². The molecule has 6 nitrogen and oxygen atoms in total. The number of aliphatic hydroxyl groups is 4. The zero-order valence-electron chi connectivity index (χ0n) is 7.75. The topological polar surface area (TPSA) is 115 Å². The molecule has 4 N–H and O–H groups in total. The fourth-order valence-electron chi connectivity index (χ4n) is 0.849. The second-order valence-electron chi connectivity index (χ2n) is 2.99. The predicted molar refractivity (Wildman–Crippen MR) is 45.4 cm³/mol. The number of carbonyl (C=O) groups is 2. The molecule has 0 bridgehead atoms. The van der Waals surface area contributed by atoms with Crippen LogP contribution in [0.25, 0.3) is 0 Å². The molecule has 0 spiro atoms. The van der Waals surface area contributed by atoms with Crippen molar-refractivity contribution in [3.8, 4) is 0 Å². The molecule has 0 aliphatic rings. The summed E-state index contributed by atoms with van der Waals surface area (Å²) < 4.78 is 0. The Morgan fingerprint density at radius 1 is 1.14 bits per heavy atom. The average Bonchev–Trinajstić information content (AvgIpc) is 2.14. The van der Waals surface area contributed by atoms with Crippen LogP contribution in [-0.4, -0.2) is 56.9 Å². The van der Waals surface area contributed by atoms with Crippen LogP contribution in [0, 0.1) is 0 Å². The minimum absolute atomic E-state index is 0.472. The van der Waals surface area contributed by atoms with Crippen LogP contribution >= 0.6 is 0 Å². The van der Waals surface area contributed by atoms with Gasteiger partial charge >= 0.3 is 0 Å². The van der Waals surface area contributed by atoms with Gasteiger partial charge in [-0.25, -0.2) is 0 Å². The molecule has 0 radical (unpaired) electrons. The lowest BCUT2D eigenvalue weighted by Crippen LogP contribution is -2.37. The van der Waals surface area contributed by atoms with Crippen molar-refractivity contribution in [3.05, 3.63) is 0 Å². The lowest BCUT2D eigenvalue weighted by atomic mass is 10.0. The molecule has 0 saturated carbocycles. The number of rotatable bonds is 6. The summed E-state index contributed by atoms with van der Waals surface area (Å²) in [5.74, 6) is -1.84. The van der Waals surface area contributed by atoms with Crippen molar-refractivity contribution in [1.29, 1.82) is 0 Å². The Hall–Kier alpha value is -0.820. The molecule has 0 aromatic rings. The summed E-state index contributed by atoms with van der Waals surface area (Å²) in [5.41, 5.74) is 0. The zero-order chi connectivity index (χ0) is 11.3. The number of Topliss-reactive ketones (excluding diaryl/α,β-unsaturated/α-hetero) is 2. The van der Waals surface area contributed by atoms with Crippen LogP contribution in [0.4, 0.5) is 0 Å². The van der Waals surface area contributed by atoms with E-state index >= 15 is 0 Å². The maximum atomic E-state index is 10.8. The molecule has 0 aliphatic heterocycles. The summed E-state index contributed by atoms with van der Waals surface area (Å²) in [6, 6.07) is 0. The highest BCUT2D eigenvalue weighted by molar-refractivity contribution is 6.37. The van der Waals surface area contributed by atoms with E-state index in [1.807, 2.05) is 0 Å². The highest BCUT2D eigenvalue weighted by atomic mass is 16.4. The molecular formula is C8H14O6. The molecule has 0 heterocycles. The van der Waals surface area contributed by atoms with Gasteiger partial charge < -0.3 is 20.4 Å². The van der Waals surface area contributed by atoms with E-state index in [0.29, 0.717) is 0 Å². The molecule has 3 atom stereocenters. The SMILES string of the molecule is CC(=O)C(=O)C(O)CC(O)C(O)CO. The largest absolute Gasteiger partial charge is 0.394 e. The van der Waals surface area contributed by atoms with Crippen molar-refractivity contribution >= 4 is 11.6 Å². The summed E-state index contributed by atoms with van der Waals surface area (Å²) in [6.45, 7) is 0.322. The average molecular weight is 206 g/mol.